The van der Waals surface area contributed by atoms with Crippen LogP contribution in [0.15, 0.2) is 35.3 Å². The van der Waals surface area contributed by atoms with Crippen LogP contribution >= 0.6 is 0 Å². The lowest BCUT2D eigenvalue weighted by Gasteiger charge is -2.27. The summed E-state index contributed by atoms with van der Waals surface area (Å²) in [5.74, 6) is 1.04. The summed E-state index contributed by atoms with van der Waals surface area (Å²) < 4.78 is 22.5. The molecule has 1 saturated carbocycles. The fourth-order valence-corrected chi connectivity index (χ4v) is 3.95. The van der Waals surface area contributed by atoms with Gasteiger partial charge in [0.25, 0.3) is 0 Å². The zero-order valence-electron chi connectivity index (χ0n) is 16.2. The van der Waals surface area contributed by atoms with E-state index in [4.69, 9.17) is 18.8 Å². The van der Waals surface area contributed by atoms with Gasteiger partial charge in [0.1, 0.15) is 24.7 Å². The minimum atomic E-state index is -0.460. The van der Waals surface area contributed by atoms with Crippen molar-refractivity contribution in [3.8, 4) is 11.5 Å². The molecule has 3 rings (SSSR count). The molecule has 0 saturated heterocycles. The van der Waals surface area contributed by atoms with Crippen LogP contribution in [0.1, 0.15) is 40.5 Å². The number of para-hydroxylation sites is 2. The first kappa shape index (κ1) is 19.3. The highest BCUT2D eigenvalue weighted by Gasteiger charge is 2.46. The van der Waals surface area contributed by atoms with Gasteiger partial charge in [0.05, 0.1) is 0 Å². The first-order chi connectivity index (χ1) is 12.8. The summed E-state index contributed by atoms with van der Waals surface area (Å²) in [6.45, 7) is 7.36. The number of hydrogen-bond donors (Lipinski definition) is 0. The first-order valence-corrected chi connectivity index (χ1v) is 9.18. The maximum absolute atomic E-state index is 11.3. The van der Waals surface area contributed by atoms with E-state index < -0.39 is 12.5 Å². The van der Waals surface area contributed by atoms with Crippen molar-refractivity contribution in [2.24, 2.45) is 11.3 Å². The molecule has 0 aromatic heterocycles. The third-order valence-corrected chi connectivity index (χ3v) is 5.24. The molecule has 0 spiro atoms. The number of ether oxygens (including phenoxy) is 2. The predicted octanol–water partition coefficient (Wildman–Crippen LogP) is 3.34. The number of carbonyl (C=O) groups is 2. The van der Waals surface area contributed by atoms with Crippen molar-refractivity contribution in [3.05, 3.63) is 35.3 Å². The van der Waals surface area contributed by atoms with Crippen molar-refractivity contribution >= 4 is 19.1 Å². The normalized spacial score (nSPS) is 21.8. The first-order valence-electron chi connectivity index (χ1n) is 9.18. The molecular weight excluding hydrogens is 347 g/mol. The molecule has 1 unspecified atom stereocenters. The van der Waals surface area contributed by atoms with Gasteiger partial charge in [-0.25, -0.2) is 0 Å². The highest BCUT2D eigenvalue weighted by Crippen LogP contribution is 2.48. The van der Waals surface area contributed by atoms with Crippen LogP contribution in [0.3, 0.4) is 0 Å². The Morgan fingerprint density at radius 2 is 1.59 bits per heavy atom. The average molecular weight is 372 g/mol. The van der Waals surface area contributed by atoms with Gasteiger partial charge in [-0.05, 0) is 43.3 Å². The van der Waals surface area contributed by atoms with E-state index in [2.05, 4.69) is 6.92 Å². The third-order valence-electron chi connectivity index (χ3n) is 5.24. The molecule has 1 atom stereocenters. The van der Waals surface area contributed by atoms with Crippen LogP contribution in [-0.4, -0.2) is 32.3 Å². The highest BCUT2D eigenvalue weighted by atomic mass is 16.6. The van der Waals surface area contributed by atoms with E-state index >= 15 is 0 Å². The maximum atomic E-state index is 11.3. The van der Waals surface area contributed by atoms with E-state index in [1.54, 1.807) is 0 Å². The Bertz CT molecular complexity index is 728. The molecule has 144 valence electrons. The van der Waals surface area contributed by atoms with Crippen LogP contribution in [0.2, 0.25) is 0 Å². The second-order valence-electron chi connectivity index (χ2n) is 7.57. The van der Waals surface area contributed by atoms with Gasteiger partial charge < -0.3 is 18.8 Å². The zero-order valence-corrected chi connectivity index (χ0v) is 16.2. The minimum absolute atomic E-state index is 0.226. The average Bonchev–Trinajstić information content (AvgIpc) is 3.19. The summed E-state index contributed by atoms with van der Waals surface area (Å²) in [5, 5.41) is 0. The smallest absolute Gasteiger partial charge is 0.519 e. The minimum Gasteiger partial charge on any atom is -0.519 e. The lowest BCUT2D eigenvalue weighted by molar-refractivity contribution is -0.151. The zero-order chi connectivity index (χ0) is 19.6. The molecule has 6 nitrogen and oxygen atoms in total. The summed E-state index contributed by atoms with van der Waals surface area (Å²) in [4.78, 5) is 22.7. The van der Waals surface area contributed by atoms with E-state index in [0.717, 1.165) is 23.4 Å². The Kier molecular flexibility index (Phi) is 5.49. The maximum Gasteiger partial charge on any atom is 0.628 e. The molecule has 7 heteroatoms. The molecular formula is C20H25BO6. The Balaban J connectivity index is 1.80. The van der Waals surface area contributed by atoms with Gasteiger partial charge in [0.15, 0.2) is 0 Å². The van der Waals surface area contributed by atoms with Gasteiger partial charge in [-0.15, -0.1) is 0 Å². The van der Waals surface area contributed by atoms with Crippen LogP contribution in [-0.2, 0) is 19.1 Å². The summed E-state index contributed by atoms with van der Waals surface area (Å²) in [5.41, 5.74) is 1.80. The van der Waals surface area contributed by atoms with Crippen molar-refractivity contribution < 1.29 is 28.4 Å². The lowest BCUT2D eigenvalue weighted by atomic mass is 9.74. The largest absolute Gasteiger partial charge is 0.628 e. The number of hydrogen-bond acceptors (Lipinski definition) is 6. The quantitative estimate of drug-likeness (QED) is 0.583. The van der Waals surface area contributed by atoms with Crippen molar-refractivity contribution in [1.29, 1.82) is 0 Å². The summed E-state index contributed by atoms with van der Waals surface area (Å²) in [6, 6.07) is 7.59. The predicted molar refractivity (Wildman–Crippen MR) is 100 cm³/mol. The van der Waals surface area contributed by atoms with E-state index in [9.17, 15) is 9.59 Å². The number of allylic oxidation sites excluding steroid dienone is 2. The number of rotatable bonds is 5. The topological polar surface area (TPSA) is 71.1 Å². The Labute approximate surface area is 160 Å². The van der Waals surface area contributed by atoms with Gasteiger partial charge in [-0.1, -0.05) is 24.6 Å². The molecule has 2 aliphatic rings. The molecule has 0 radical (unpaired) electrons. The summed E-state index contributed by atoms with van der Waals surface area (Å²) in [6.07, 6.45) is 1.43. The number of fused-ring (bicyclic) bond motifs is 1. The Hall–Kier alpha value is -2.44. The summed E-state index contributed by atoms with van der Waals surface area (Å²) in [7, 11) is -0.460. The molecule has 0 amide bonds. The number of esters is 2. The van der Waals surface area contributed by atoms with Gasteiger partial charge in [0.2, 0.25) is 0 Å². The van der Waals surface area contributed by atoms with Crippen molar-refractivity contribution in [2.45, 2.75) is 40.5 Å². The highest BCUT2D eigenvalue weighted by molar-refractivity contribution is 6.56. The molecule has 1 fully saturated rings. The fourth-order valence-electron chi connectivity index (χ4n) is 3.95. The van der Waals surface area contributed by atoms with Crippen LogP contribution in [0.4, 0.5) is 0 Å². The molecule has 1 aromatic carbocycles. The molecule has 27 heavy (non-hydrogen) atoms. The van der Waals surface area contributed by atoms with E-state index in [-0.39, 0.29) is 31.1 Å². The van der Waals surface area contributed by atoms with Crippen molar-refractivity contribution in [1.82, 2.24) is 0 Å². The van der Waals surface area contributed by atoms with Gasteiger partial charge in [0, 0.05) is 19.3 Å². The van der Waals surface area contributed by atoms with Crippen LogP contribution in [0.25, 0.3) is 0 Å². The molecule has 0 bridgehead atoms. The molecule has 1 aliphatic heterocycles. The molecule has 1 aromatic rings. The van der Waals surface area contributed by atoms with Gasteiger partial charge in [-0.2, -0.15) is 0 Å². The number of carbonyl (C=O) groups excluding carboxylic acids is 2. The van der Waals surface area contributed by atoms with Crippen LogP contribution in [0, 0.1) is 11.3 Å². The van der Waals surface area contributed by atoms with E-state index in [1.807, 2.05) is 31.2 Å². The van der Waals surface area contributed by atoms with Crippen LogP contribution in [0.5, 0.6) is 11.5 Å². The Morgan fingerprint density at radius 1 is 1.07 bits per heavy atom. The van der Waals surface area contributed by atoms with Gasteiger partial charge >= 0.3 is 19.1 Å². The molecule has 1 heterocycles. The van der Waals surface area contributed by atoms with E-state index in [0.29, 0.717) is 6.42 Å². The van der Waals surface area contributed by atoms with Crippen LogP contribution < -0.4 is 9.31 Å². The molecule has 1 aliphatic carbocycles. The van der Waals surface area contributed by atoms with E-state index in [1.165, 1.54) is 19.4 Å². The third kappa shape index (κ3) is 4.29. The molecule has 0 N–H and O–H groups in total. The second kappa shape index (κ2) is 7.67. The number of benzene rings is 1. The monoisotopic (exact) mass is 372 g/mol. The van der Waals surface area contributed by atoms with Crippen molar-refractivity contribution in [3.63, 3.8) is 0 Å². The van der Waals surface area contributed by atoms with Crippen molar-refractivity contribution in [2.75, 3.05) is 13.2 Å². The standard InChI is InChI=1S/C20H25BO6/c1-13-9-20(11-24-15(3)22,12-25-16(4)23)10-17(13)14(2)21-26-18-7-5-6-8-19(18)27-21/h5-8,13H,9-12H2,1-4H3/b17-14-. The lowest BCUT2D eigenvalue weighted by Crippen LogP contribution is -2.32. The fraction of sp³-hybridized carbons (Fsp3) is 0.500. The second-order valence-corrected chi connectivity index (χ2v) is 7.57. The van der Waals surface area contributed by atoms with Gasteiger partial charge in [-0.3, -0.25) is 9.59 Å². The Morgan fingerprint density at radius 3 is 2.07 bits per heavy atom. The SMILES string of the molecule is CC(=O)OCC1(COC(C)=O)C/C(=C(\C)B2Oc3ccccc3O2)C(C)C1. The summed E-state index contributed by atoms with van der Waals surface area (Å²) >= 11 is 0.